The van der Waals surface area contributed by atoms with E-state index in [-0.39, 0.29) is 0 Å². The van der Waals surface area contributed by atoms with Gasteiger partial charge in [-0.05, 0) is 25.8 Å². The van der Waals surface area contributed by atoms with Crippen LogP contribution in [0.5, 0.6) is 0 Å². The van der Waals surface area contributed by atoms with Crippen LogP contribution >= 0.6 is 0 Å². The fraction of sp³-hybridized carbons (Fsp3) is 0.231. The molecule has 0 saturated carbocycles. The zero-order valence-electron chi connectivity index (χ0n) is 8.38. The Balaban J connectivity index is 2.71. The van der Waals surface area contributed by atoms with E-state index in [0.717, 1.165) is 6.42 Å². The average molecular weight is 172 g/mol. The van der Waals surface area contributed by atoms with Crippen LogP contribution in [-0.2, 0) is 0 Å². The summed E-state index contributed by atoms with van der Waals surface area (Å²) in [5, 5.41) is 0. The van der Waals surface area contributed by atoms with Gasteiger partial charge in [0.25, 0.3) is 0 Å². The van der Waals surface area contributed by atoms with Crippen LogP contribution in [-0.4, -0.2) is 0 Å². The highest BCUT2D eigenvalue weighted by molar-refractivity contribution is 5.52. The third-order valence-corrected chi connectivity index (χ3v) is 1.79. The Labute approximate surface area is 80.6 Å². The first kappa shape index (κ1) is 9.79. The highest BCUT2D eigenvalue weighted by atomic mass is 14.0. The summed E-state index contributed by atoms with van der Waals surface area (Å²) in [7, 11) is 0. The van der Waals surface area contributed by atoms with E-state index in [0.29, 0.717) is 0 Å². The van der Waals surface area contributed by atoms with Crippen molar-refractivity contribution in [3.63, 3.8) is 0 Å². The van der Waals surface area contributed by atoms with Gasteiger partial charge in [-0.25, -0.2) is 0 Å². The fourth-order valence-electron chi connectivity index (χ4n) is 1.36. The maximum atomic E-state index is 3.90. The topological polar surface area (TPSA) is 0 Å². The Hall–Kier alpha value is -1.30. The molecule has 0 saturated heterocycles. The molecule has 1 aromatic carbocycles. The standard InChI is InChI=1S/C13H16/c1-11(2)9-12(3)10-13-7-5-4-6-8-13/h4-8,10H,1,9H2,2-3H3. The van der Waals surface area contributed by atoms with E-state index in [1.807, 2.05) is 6.07 Å². The summed E-state index contributed by atoms with van der Waals surface area (Å²) in [6.45, 7) is 8.09. The predicted molar refractivity (Wildman–Crippen MR) is 59.5 cm³/mol. The molecular weight excluding hydrogens is 156 g/mol. The van der Waals surface area contributed by atoms with Crippen molar-refractivity contribution in [2.75, 3.05) is 0 Å². The van der Waals surface area contributed by atoms with Crippen LogP contribution in [0.4, 0.5) is 0 Å². The molecule has 0 aliphatic carbocycles. The lowest BCUT2D eigenvalue weighted by Gasteiger charge is -2.00. The molecule has 0 bridgehead atoms. The van der Waals surface area contributed by atoms with E-state index in [4.69, 9.17) is 0 Å². The van der Waals surface area contributed by atoms with E-state index in [2.05, 4.69) is 50.8 Å². The molecule has 0 heteroatoms. The molecule has 1 rings (SSSR count). The molecule has 0 aliphatic rings. The number of hydrogen-bond acceptors (Lipinski definition) is 0. The molecule has 0 fully saturated rings. The number of rotatable bonds is 3. The van der Waals surface area contributed by atoms with Crippen molar-refractivity contribution in [2.24, 2.45) is 0 Å². The molecular formula is C13H16. The minimum Gasteiger partial charge on any atom is -0.0998 e. The number of hydrogen-bond donors (Lipinski definition) is 0. The highest BCUT2D eigenvalue weighted by Crippen LogP contribution is 2.12. The predicted octanol–water partition coefficient (Wildman–Crippen LogP) is 4.06. The Morgan fingerprint density at radius 2 is 1.85 bits per heavy atom. The van der Waals surface area contributed by atoms with Gasteiger partial charge < -0.3 is 0 Å². The summed E-state index contributed by atoms with van der Waals surface area (Å²) in [5.74, 6) is 0. The normalized spacial score (nSPS) is 11.4. The molecule has 0 N–H and O–H groups in total. The number of benzene rings is 1. The maximum absolute atomic E-state index is 3.90. The largest absolute Gasteiger partial charge is 0.0998 e. The zero-order valence-corrected chi connectivity index (χ0v) is 8.38. The van der Waals surface area contributed by atoms with Crippen LogP contribution in [0.3, 0.4) is 0 Å². The third kappa shape index (κ3) is 3.75. The van der Waals surface area contributed by atoms with E-state index in [9.17, 15) is 0 Å². The first-order valence-corrected chi connectivity index (χ1v) is 4.55. The van der Waals surface area contributed by atoms with Gasteiger partial charge in [0.2, 0.25) is 0 Å². The molecule has 0 atom stereocenters. The highest BCUT2D eigenvalue weighted by Gasteiger charge is 1.91. The lowest BCUT2D eigenvalue weighted by atomic mass is 10.1. The van der Waals surface area contributed by atoms with Crippen LogP contribution in [0.2, 0.25) is 0 Å². The molecule has 0 amide bonds. The summed E-state index contributed by atoms with van der Waals surface area (Å²) in [4.78, 5) is 0. The second-order valence-corrected chi connectivity index (χ2v) is 3.54. The van der Waals surface area contributed by atoms with Gasteiger partial charge in [0.1, 0.15) is 0 Å². The van der Waals surface area contributed by atoms with Crippen molar-refractivity contribution in [2.45, 2.75) is 20.3 Å². The van der Waals surface area contributed by atoms with Gasteiger partial charge in [0, 0.05) is 0 Å². The van der Waals surface area contributed by atoms with Crippen molar-refractivity contribution in [1.82, 2.24) is 0 Å². The van der Waals surface area contributed by atoms with E-state index >= 15 is 0 Å². The minimum absolute atomic E-state index is 0.995. The van der Waals surface area contributed by atoms with Gasteiger partial charge in [-0.3, -0.25) is 0 Å². The molecule has 0 radical (unpaired) electrons. The summed E-state index contributed by atoms with van der Waals surface area (Å²) >= 11 is 0. The lowest BCUT2D eigenvalue weighted by Crippen LogP contribution is -1.78. The summed E-state index contributed by atoms with van der Waals surface area (Å²) < 4.78 is 0. The lowest BCUT2D eigenvalue weighted by molar-refractivity contribution is 1.13. The molecule has 0 nitrogen and oxygen atoms in total. The fourth-order valence-corrected chi connectivity index (χ4v) is 1.36. The van der Waals surface area contributed by atoms with Crippen molar-refractivity contribution in [3.05, 3.63) is 53.6 Å². The summed E-state index contributed by atoms with van der Waals surface area (Å²) in [6.07, 6.45) is 3.20. The Morgan fingerprint density at radius 3 is 2.38 bits per heavy atom. The van der Waals surface area contributed by atoms with Gasteiger partial charge in [0.15, 0.2) is 0 Å². The zero-order chi connectivity index (χ0) is 9.68. The Kier molecular flexibility index (Phi) is 3.51. The van der Waals surface area contributed by atoms with Gasteiger partial charge in [-0.1, -0.05) is 54.1 Å². The van der Waals surface area contributed by atoms with Crippen molar-refractivity contribution in [3.8, 4) is 0 Å². The Morgan fingerprint density at radius 1 is 1.23 bits per heavy atom. The van der Waals surface area contributed by atoms with Crippen molar-refractivity contribution < 1.29 is 0 Å². The number of allylic oxidation sites excluding steroid dienone is 2. The molecule has 68 valence electrons. The smallest absolute Gasteiger partial charge is 0.0113 e. The van der Waals surface area contributed by atoms with Gasteiger partial charge in [-0.2, -0.15) is 0 Å². The first-order chi connectivity index (χ1) is 6.18. The monoisotopic (exact) mass is 172 g/mol. The average Bonchev–Trinajstić information content (AvgIpc) is 2.04. The first-order valence-electron chi connectivity index (χ1n) is 4.55. The summed E-state index contributed by atoms with van der Waals surface area (Å²) in [6, 6.07) is 10.4. The van der Waals surface area contributed by atoms with Crippen molar-refractivity contribution in [1.29, 1.82) is 0 Å². The van der Waals surface area contributed by atoms with Gasteiger partial charge in [0.05, 0.1) is 0 Å². The molecule has 13 heavy (non-hydrogen) atoms. The SMILES string of the molecule is C=C(C)CC(C)=Cc1ccccc1. The second-order valence-electron chi connectivity index (χ2n) is 3.54. The van der Waals surface area contributed by atoms with E-state index in [1.165, 1.54) is 16.7 Å². The molecule has 0 spiro atoms. The van der Waals surface area contributed by atoms with Crippen LogP contribution < -0.4 is 0 Å². The van der Waals surface area contributed by atoms with Crippen LogP contribution in [0, 0.1) is 0 Å². The molecule has 1 aromatic rings. The van der Waals surface area contributed by atoms with Crippen LogP contribution in [0.1, 0.15) is 25.8 Å². The molecule has 0 aliphatic heterocycles. The van der Waals surface area contributed by atoms with Crippen molar-refractivity contribution >= 4 is 6.08 Å². The van der Waals surface area contributed by atoms with Gasteiger partial charge in [-0.15, -0.1) is 0 Å². The van der Waals surface area contributed by atoms with E-state index < -0.39 is 0 Å². The molecule has 0 aromatic heterocycles. The molecule has 0 heterocycles. The third-order valence-electron chi connectivity index (χ3n) is 1.79. The van der Waals surface area contributed by atoms with Crippen LogP contribution in [0.25, 0.3) is 6.08 Å². The maximum Gasteiger partial charge on any atom is -0.0113 e. The van der Waals surface area contributed by atoms with E-state index in [1.54, 1.807) is 0 Å². The Bertz CT molecular complexity index is 304. The molecule has 0 unspecified atom stereocenters. The summed E-state index contributed by atoms with van der Waals surface area (Å²) in [5.41, 5.74) is 3.84. The quantitative estimate of drug-likeness (QED) is 0.603. The van der Waals surface area contributed by atoms with Gasteiger partial charge >= 0.3 is 0 Å². The van der Waals surface area contributed by atoms with Crippen LogP contribution in [0.15, 0.2) is 48.1 Å². The second kappa shape index (κ2) is 4.66. The minimum atomic E-state index is 0.995.